The van der Waals surface area contributed by atoms with Gasteiger partial charge in [-0.2, -0.15) is 0 Å². The maximum atomic E-state index is 12.5. The molecule has 0 aliphatic heterocycles. The number of nitrogens with one attached hydrogen (secondary N) is 1. The van der Waals surface area contributed by atoms with E-state index in [-0.39, 0.29) is 17.4 Å². The van der Waals surface area contributed by atoms with Crippen molar-refractivity contribution in [2.24, 2.45) is 0 Å². The molecule has 10 heteroatoms. The van der Waals surface area contributed by atoms with Gasteiger partial charge in [0.05, 0.1) is 30.4 Å². The second-order valence-corrected chi connectivity index (χ2v) is 7.44. The molecule has 0 atom stereocenters. The number of furan rings is 1. The molecule has 156 valence electrons. The van der Waals surface area contributed by atoms with Crippen LogP contribution in [0, 0.1) is 0 Å². The summed E-state index contributed by atoms with van der Waals surface area (Å²) in [6.07, 6.45) is 6.35. The van der Waals surface area contributed by atoms with E-state index in [2.05, 4.69) is 25.5 Å². The molecule has 31 heavy (non-hydrogen) atoms. The Balaban J connectivity index is 1.52. The largest absolute Gasteiger partial charge is 0.467 e. The summed E-state index contributed by atoms with van der Waals surface area (Å²) in [5.41, 5.74) is 1.51. The zero-order valence-corrected chi connectivity index (χ0v) is 17.4. The van der Waals surface area contributed by atoms with Crippen LogP contribution in [0.4, 0.5) is 5.69 Å². The Bertz CT molecular complexity index is 1190. The van der Waals surface area contributed by atoms with Crippen molar-refractivity contribution >= 4 is 29.1 Å². The summed E-state index contributed by atoms with van der Waals surface area (Å²) in [5.74, 6) is 0.951. The van der Waals surface area contributed by atoms with Gasteiger partial charge in [-0.05, 0) is 31.2 Å². The van der Waals surface area contributed by atoms with E-state index in [9.17, 15) is 9.59 Å². The highest BCUT2D eigenvalue weighted by Gasteiger charge is 2.18. The summed E-state index contributed by atoms with van der Waals surface area (Å²) in [6, 6.07) is 10.5. The van der Waals surface area contributed by atoms with Gasteiger partial charge in [0.2, 0.25) is 5.91 Å². The molecule has 3 aromatic heterocycles. The molecule has 0 saturated heterocycles. The van der Waals surface area contributed by atoms with Gasteiger partial charge in [0.15, 0.2) is 16.8 Å². The second-order valence-electron chi connectivity index (χ2n) is 6.50. The number of carbonyl (C=O) groups excluding carboxylic acids is 2. The number of aromatic nitrogens is 5. The van der Waals surface area contributed by atoms with Crippen LogP contribution in [0.1, 0.15) is 23.0 Å². The Hall–Kier alpha value is -3.79. The Morgan fingerprint density at radius 1 is 1.13 bits per heavy atom. The molecule has 0 aliphatic rings. The fraction of sp³-hybridized carbons (Fsp3) is 0.143. The average Bonchev–Trinajstić information content (AvgIpc) is 3.43. The Kier molecular flexibility index (Phi) is 6.18. The number of ketones is 1. The Labute approximate surface area is 181 Å². The second kappa shape index (κ2) is 9.35. The van der Waals surface area contributed by atoms with E-state index in [1.807, 2.05) is 10.6 Å². The summed E-state index contributed by atoms with van der Waals surface area (Å²) in [5, 5.41) is 11.8. The van der Waals surface area contributed by atoms with Gasteiger partial charge in [0, 0.05) is 18.0 Å². The first-order valence-electron chi connectivity index (χ1n) is 9.36. The quantitative estimate of drug-likeness (QED) is 0.332. The van der Waals surface area contributed by atoms with Crippen molar-refractivity contribution in [1.29, 1.82) is 0 Å². The monoisotopic (exact) mass is 434 g/mol. The van der Waals surface area contributed by atoms with Crippen molar-refractivity contribution < 1.29 is 14.0 Å². The van der Waals surface area contributed by atoms with Crippen LogP contribution in [0.5, 0.6) is 0 Å². The minimum Gasteiger partial charge on any atom is -0.467 e. The van der Waals surface area contributed by atoms with Crippen LogP contribution in [0.3, 0.4) is 0 Å². The van der Waals surface area contributed by atoms with Crippen LogP contribution in [-0.4, -0.2) is 42.2 Å². The summed E-state index contributed by atoms with van der Waals surface area (Å²) < 4.78 is 7.28. The van der Waals surface area contributed by atoms with E-state index in [1.165, 1.54) is 18.7 Å². The summed E-state index contributed by atoms with van der Waals surface area (Å²) in [6.45, 7) is 1.84. The number of anilines is 1. The fourth-order valence-corrected chi connectivity index (χ4v) is 3.65. The molecule has 9 nitrogen and oxygen atoms in total. The third-order valence-corrected chi connectivity index (χ3v) is 5.28. The predicted molar refractivity (Wildman–Crippen MR) is 115 cm³/mol. The van der Waals surface area contributed by atoms with E-state index < -0.39 is 0 Å². The van der Waals surface area contributed by atoms with E-state index in [1.54, 1.807) is 55.2 Å². The minimum absolute atomic E-state index is 0.0863. The summed E-state index contributed by atoms with van der Waals surface area (Å²) in [7, 11) is 0. The highest BCUT2D eigenvalue weighted by molar-refractivity contribution is 7.99. The number of Topliss-reactive ketones (excluding diaryl/α,β-unsaturated/α-hetero) is 1. The number of carbonyl (C=O) groups is 2. The lowest BCUT2D eigenvalue weighted by molar-refractivity contribution is -0.113. The molecular formula is C21H18N6O3S. The van der Waals surface area contributed by atoms with Gasteiger partial charge in [-0.25, -0.2) is 4.98 Å². The van der Waals surface area contributed by atoms with Crippen molar-refractivity contribution in [3.8, 4) is 11.5 Å². The number of amides is 1. The molecular weight excluding hydrogens is 416 g/mol. The molecule has 4 aromatic rings. The number of hydrogen-bond donors (Lipinski definition) is 1. The lowest BCUT2D eigenvalue weighted by Gasteiger charge is -2.10. The van der Waals surface area contributed by atoms with Gasteiger partial charge in [-0.3, -0.25) is 19.1 Å². The van der Waals surface area contributed by atoms with Crippen LogP contribution in [0.25, 0.3) is 11.5 Å². The van der Waals surface area contributed by atoms with Gasteiger partial charge >= 0.3 is 0 Å². The zero-order chi connectivity index (χ0) is 21.6. The first-order chi connectivity index (χ1) is 15.1. The number of rotatable bonds is 8. The maximum absolute atomic E-state index is 12.5. The third kappa shape index (κ3) is 4.86. The van der Waals surface area contributed by atoms with Crippen LogP contribution >= 0.6 is 11.8 Å². The molecule has 0 aliphatic carbocycles. The number of nitrogens with zero attached hydrogens (tertiary/aromatic N) is 5. The van der Waals surface area contributed by atoms with E-state index in [4.69, 9.17) is 4.42 Å². The van der Waals surface area contributed by atoms with Crippen LogP contribution in [0.15, 0.2) is 70.8 Å². The van der Waals surface area contributed by atoms with Crippen molar-refractivity contribution in [1.82, 2.24) is 24.7 Å². The molecule has 0 unspecified atom stereocenters. The summed E-state index contributed by atoms with van der Waals surface area (Å²) >= 11 is 1.23. The first-order valence-corrected chi connectivity index (χ1v) is 10.3. The number of para-hydroxylation sites is 1. The highest BCUT2D eigenvalue weighted by Crippen LogP contribution is 2.24. The molecule has 1 aromatic carbocycles. The normalized spacial score (nSPS) is 10.7. The molecule has 1 amide bonds. The predicted octanol–water partition coefficient (Wildman–Crippen LogP) is 3.31. The molecule has 0 fully saturated rings. The van der Waals surface area contributed by atoms with Crippen molar-refractivity contribution in [3.63, 3.8) is 0 Å². The Morgan fingerprint density at radius 2 is 2.00 bits per heavy atom. The zero-order valence-electron chi connectivity index (χ0n) is 16.6. The average molecular weight is 434 g/mol. The molecule has 1 N–H and O–H groups in total. The molecule has 0 spiro atoms. The number of thioether (sulfide) groups is 1. The highest BCUT2D eigenvalue weighted by atomic mass is 32.2. The molecule has 0 bridgehead atoms. The third-order valence-electron chi connectivity index (χ3n) is 4.32. The van der Waals surface area contributed by atoms with E-state index in [0.29, 0.717) is 40.2 Å². The Morgan fingerprint density at radius 3 is 2.74 bits per heavy atom. The topological polar surface area (TPSA) is 116 Å². The maximum Gasteiger partial charge on any atom is 0.234 e. The summed E-state index contributed by atoms with van der Waals surface area (Å²) in [4.78, 5) is 32.7. The number of hydrogen-bond acceptors (Lipinski definition) is 8. The van der Waals surface area contributed by atoms with Crippen LogP contribution in [0.2, 0.25) is 0 Å². The molecule has 4 rings (SSSR count). The van der Waals surface area contributed by atoms with Crippen LogP contribution in [-0.2, 0) is 11.3 Å². The first kappa shape index (κ1) is 20.5. The molecule has 0 radical (unpaired) electrons. The lowest BCUT2D eigenvalue weighted by Crippen LogP contribution is -2.16. The smallest absolute Gasteiger partial charge is 0.234 e. The van der Waals surface area contributed by atoms with Gasteiger partial charge in [-0.1, -0.05) is 23.9 Å². The van der Waals surface area contributed by atoms with Crippen molar-refractivity contribution in [2.75, 3.05) is 11.1 Å². The molecule has 0 saturated carbocycles. The standard InChI is InChI=1S/C21H18N6O3S/c1-14(28)16-6-2-3-7-17(16)24-19(29)13-31-21-26-25-20(18-11-22-8-9-23-18)27(21)12-15-5-4-10-30-15/h2-11H,12-13H2,1H3,(H,24,29). The van der Waals surface area contributed by atoms with Crippen molar-refractivity contribution in [2.45, 2.75) is 18.6 Å². The van der Waals surface area contributed by atoms with Crippen LogP contribution < -0.4 is 5.32 Å². The van der Waals surface area contributed by atoms with Gasteiger partial charge in [0.1, 0.15) is 11.5 Å². The van der Waals surface area contributed by atoms with E-state index >= 15 is 0 Å². The van der Waals surface area contributed by atoms with Gasteiger partial charge < -0.3 is 9.73 Å². The van der Waals surface area contributed by atoms with E-state index in [0.717, 1.165) is 0 Å². The van der Waals surface area contributed by atoms with Crippen molar-refractivity contribution in [3.05, 3.63) is 72.6 Å². The minimum atomic E-state index is -0.257. The number of benzene rings is 1. The SMILES string of the molecule is CC(=O)c1ccccc1NC(=O)CSc1nnc(-c2cnccn2)n1Cc1ccco1. The van der Waals surface area contributed by atoms with Gasteiger partial charge in [0.25, 0.3) is 0 Å². The molecule has 3 heterocycles. The lowest BCUT2D eigenvalue weighted by atomic mass is 10.1. The van der Waals surface area contributed by atoms with Gasteiger partial charge in [-0.15, -0.1) is 10.2 Å². The fourth-order valence-electron chi connectivity index (χ4n) is 2.92.